The van der Waals surface area contributed by atoms with Gasteiger partial charge in [0.05, 0.1) is 21.0 Å². The molecule has 5 nitrogen and oxygen atoms in total. The SMILES string of the molecule is C=CCNS(=O)(=O)c1ccc(C(=O)NC(C)c2ccc(Cl)c(Cl)c2)cc1. The summed E-state index contributed by atoms with van der Waals surface area (Å²) in [7, 11) is -3.62. The van der Waals surface area contributed by atoms with Crippen molar-refractivity contribution in [3.8, 4) is 0 Å². The van der Waals surface area contributed by atoms with Crippen molar-refractivity contribution < 1.29 is 13.2 Å². The van der Waals surface area contributed by atoms with Crippen LogP contribution < -0.4 is 10.0 Å². The Bertz CT molecular complexity index is 913. The van der Waals surface area contributed by atoms with Crippen LogP contribution in [0.5, 0.6) is 0 Å². The summed E-state index contributed by atoms with van der Waals surface area (Å²) in [5.74, 6) is -0.327. The van der Waals surface area contributed by atoms with E-state index in [4.69, 9.17) is 23.2 Å². The summed E-state index contributed by atoms with van der Waals surface area (Å²) in [5.41, 5.74) is 1.15. The topological polar surface area (TPSA) is 75.3 Å². The van der Waals surface area contributed by atoms with Crippen LogP contribution in [0.25, 0.3) is 0 Å². The average molecular weight is 413 g/mol. The summed E-state index contributed by atoms with van der Waals surface area (Å²) >= 11 is 11.9. The molecule has 0 aliphatic heterocycles. The second-order valence-electron chi connectivity index (χ2n) is 5.53. The van der Waals surface area contributed by atoms with Gasteiger partial charge in [0.2, 0.25) is 10.0 Å². The molecular formula is C18H18Cl2N2O3S. The minimum absolute atomic E-state index is 0.0773. The molecule has 0 radical (unpaired) electrons. The number of sulfonamides is 1. The Balaban J connectivity index is 2.10. The maximum atomic E-state index is 12.4. The molecule has 26 heavy (non-hydrogen) atoms. The normalized spacial score (nSPS) is 12.4. The Morgan fingerprint density at radius 1 is 1.15 bits per heavy atom. The van der Waals surface area contributed by atoms with Gasteiger partial charge in [-0.3, -0.25) is 4.79 Å². The van der Waals surface area contributed by atoms with Crippen molar-refractivity contribution in [1.82, 2.24) is 10.0 Å². The first-order valence-corrected chi connectivity index (χ1v) is 9.95. The number of nitrogens with one attached hydrogen (secondary N) is 2. The highest BCUT2D eigenvalue weighted by atomic mass is 35.5. The van der Waals surface area contributed by atoms with Crippen molar-refractivity contribution in [2.24, 2.45) is 0 Å². The average Bonchev–Trinajstić information content (AvgIpc) is 2.62. The number of hydrogen-bond acceptors (Lipinski definition) is 3. The van der Waals surface area contributed by atoms with Crippen molar-refractivity contribution in [2.45, 2.75) is 17.9 Å². The van der Waals surface area contributed by atoms with Crippen LogP contribution in [0.2, 0.25) is 10.0 Å². The largest absolute Gasteiger partial charge is 0.346 e. The molecule has 2 rings (SSSR count). The second kappa shape index (κ2) is 8.68. The molecule has 2 N–H and O–H groups in total. The van der Waals surface area contributed by atoms with E-state index in [1.165, 1.54) is 30.3 Å². The molecular weight excluding hydrogens is 395 g/mol. The number of carbonyl (C=O) groups excluding carboxylic acids is 1. The summed E-state index contributed by atoms with van der Waals surface area (Å²) in [6.45, 7) is 5.41. The quantitative estimate of drug-likeness (QED) is 0.675. The molecule has 8 heteroatoms. The predicted octanol–water partition coefficient (Wildman–Crippen LogP) is 3.95. The van der Waals surface area contributed by atoms with Gasteiger partial charge in [-0.1, -0.05) is 35.3 Å². The zero-order valence-electron chi connectivity index (χ0n) is 14.0. The van der Waals surface area contributed by atoms with Gasteiger partial charge in [0, 0.05) is 12.1 Å². The fourth-order valence-electron chi connectivity index (χ4n) is 2.18. The maximum absolute atomic E-state index is 12.4. The van der Waals surface area contributed by atoms with Crippen molar-refractivity contribution in [2.75, 3.05) is 6.54 Å². The molecule has 0 saturated carbocycles. The lowest BCUT2D eigenvalue weighted by molar-refractivity contribution is 0.0940. The molecule has 0 saturated heterocycles. The third-order valence-electron chi connectivity index (χ3n) is 3.64. The fourth-order valence-corrected chi connectivity index (χ4v) is 3.49. The third-order valence-corrected chi connectivity index (χ3v) is 5.81. The van der Waals surface area contributed by atoms with Crippen molar-refractivity contribution in [1.29, 1.82) is 0 Å². The minimum Gasteiger partial charge on any atom is -0.346 e. The smallest absolute Gasteiger partial charge is 0.251 e. The maximum Gasteiger partial charge on any atom is 0.251 e. The van der Waals surface area contributed by atoms with Gasteiger partial charge < -0.3 is 5.32 Å². The first-order valence-electron chi connectivity index (χ1n) is 7.71. The van der Waals surface area contributed by atoms with Crippen LogP contribution in [0.15, 0.2) is 60.0 Å². The Morgan fingerprint density at radius 2 is 1.81 bits per heavy atom. The van der Waals surface area contributed by atoms with E-state index in [2.05, 4.69) is 16.6 Å². The van der Waals surface area contributed by atoms with E-state index in [9.17, 15) is 13.2 Å². The molecule has 1 unspecified atom stereocenters. The summed E-state index contributed by atoms with van der Waals surface area (Å²) in [6, 6.07) is 10.5. The van der Waals surface area contributed by atoms with Crippen molar-refractivity contribution >= 4 is 39.1 Å². The molecule has 0 aliphatic rings. The molecule has 2 aromatic carbocycles. The van der Waals surface area contributed by atoms with Gasteiger partial charge in [-0.2, -0.15) is 0 Å². The van der Waals surface area contributed by atoms with E-state index in [-0.39, 0.29) is 23.4 Å². The lowest BCUT2D eigenvalue weighted by Crippen LogP contribution is -2.27. The van der Waals surface area contributed by atoms with Crippen molar-refractivity contribution in [3.05, 3.63) is 76.3 Å². The summed E-state index contributed by atoms with van der Waals surface area (Å²) in [5, 5.41) is 3.68. The van der Waals surface area contributed by atoms with Crippen LogP contribution in [0.4, 0.5) is 0 Å². The van der Waals surface area contributed by atoms with Crippen LogP contribution >= 0.6 is 23.2 Å². The fraction of sp³-hybridized carbons (Fsp3) is 0.167. The van der Waals surface area contributed by atoms with Crippen LogP contribution in [0, 0.1) is 0 Å². The molecule has 0 bridgehead atoms. The van der Waals surface area contributed by atoms with E-state index in [1.54, 1.807) is 18.2 Å². The van der Waals surface area contributed by atoms with Gasteiger partial charge in [0.1, 0.15) is 0 Å². The van der Waals surface area contributed by atoms with E-state index in [0.29, 0.717) is 15.6 Å². The molecule has 0 spiro atoms. The molecule has 138 valence electrons. The third kappa shape index (κ3) is 5.08. The summed E-state index contributed by atoms with van der Waals surface area (Å²) in [6.07, 6.45) is 1.45. The van der Waals surface area contributed by atoms with Gasteiger partial charge in [0.15, 0.2) is 0 Å². The molecule has 0 fully saturated rings. The zero-order valence-corrected chi connectivity index (χ0v) is 16.3. The van der Waals surface area contributed by atoms with Gasteiger partial charge >= 0.3 is 0 Å². The second-order valence-corrected chi connectivity index (χ2v) is 8.12. The Kier molecular flexibility index (Phi) is 6.83. The number of carbonyl (C=O) groups is 1. The minimum atomic E-state index is -3.62. The number of hydrogen-bond donors (Lipinski definition) is 2. The highest BCUT2D eigenvalue weighted by Crippen LogP contribution is 2.25. The van der Waals surface area contributed by atoms with E-state index in [0.717, 1.165) is 5.56 Å². The predicted molar refractivity (Wildman–Crippen MR) is 104 cm³/mol. The van der Waals surface area contributed by atoms with Crippen LogP contribution in [0.1, 0.15) is 28.9 Å². The summed E-state index contributed by atoms with van der Waals surface area (Å²) < 4.78 is 26.4. The Hall–Kier alpha value is -1.86. The number of amides is 1. The van der Waals surface area contributed by atoms with Crippen LogP contribution in [-0.2, 0) is 10.0 Å². The number of rotatable bonds is 7. The molecule has 2 aromatic rings. The van der Waals surface area contributed by atoms with Gasteiger partial charge in [-0.25, -0.2) is 13.1 Å². The van der Waals surface area contributed by atoms with Crippen molar-refractivity contribution in [3.63, 3.8) is 0 Å². The van der Waals surface area contributed by atoms with Crippen LogP contribution in [0.3, 0.4) is 0 Å². The van der Waals surface area contributed by atoms with E-state index in [1.807, 2.05) is 6.92 Å². The number of halogens is 2. The molecule has 0 heterocycles. The first kappa shape index (κ1) is 20.5. The zero-order chi connectivity index (χ0) is 19.3. The lowest BCUT2D eigenvalue weighted by Gasteiger charge is -2.15. The Labute approximate surface area is 163 Å². The molecule has 1 amide bonds. The highest BCUT2D eigenvalue weighted by molar-refractivity contribution is 7.89. The van der Waals surface area contributed by atoms with E-state index < -0.39 is 10.0 Å². The summed E-state index contributed by atoms with van der Waals surface area (Å²) in [4.78, 5) is 12.4. The molecule has 1 atom stereocenters. The van der Waals surface area contributed by atoms with Gasteiger partial charge in [-0.15, -0.1) is 6.58 Å². The van der Waals surface area contributed by atoms with Gasteiger partial charge in [-0.05, 0) is 48.9 Å². The first-order chi connectivity index (χ1) is 12.2. The monoisotopic (exact) mass is 412 g/mol. The van der Waals surface area contributed by atoms with Gasteiger partial charge in [0.25, 0.3) is 5.91 Å². The number of benzene rings is 2. The lowest BCUT2D eigenvalue weighted by atomic mass is 10.1. The molecule has 0 aromatic heterocycles. The van der Waals surface area contributed by atoms with E-state index >= 15 is 0 Å². The Morgan fingerprint density at radius 3 is 2.38 bits per heavy atom. The standard InChI is InChI=1S/C18H18Cl2N2O3S/c1-3-10-21-26(24,25)15-7-4-13(5-8-15)18(23)22-12(2)14-6-9-16(19)17(20)11-14/h3-9,11-12,21H,1,10H2,2H3,(H,22,23). The molecule has 0 aliphatic carbocycles. The van der Waals surface area contributed by atoms with Crippen LogP contribution in [-0.4, -0.2) is 20.9 Å². The highest BCUT2D eigenvalue weighted by Gasteiger charge is 2.16.